The van der Waals surface area contributed by atoms with Gasteiger partial charge in [-0.2, -0.15) is 0 Å². The number of hydrogen-bond donors (Lipinski definition) is 1. The molecule has 3 nitrogen and oxygen atoms in total. The van der Waals surface area contributed by atoms with Gasteiger partial charge < -0.3 is 14.6 Å². The van der Waals surface area contributed by atoms with Crippen LogP contribution in [0.4, 0.5) is 5.69 Å². The van der Waals surface area contributed by atoms with Crippen molar-refractivity contribution in [1.29, 1.82) is 0 Å². The van der Waals surface area contributed by atoms with Crippen molar-refractivity contribution in [3.8, 4) is 11.1 Å². The van der Waals surface area contributed by atoms with Gasteiger partial charge in [-0.3, -0.25) is 0 Å². The molecule has 2 aromatic heterocycles. The molecule has 0 aliphatic carbocycles. The number of rotatable bonds is 1. The summed E-state index contributed by atoms with van der Waals surface area (Å²) in [6.07, 6.45) is 0. The van der Waals surface area contributed by atoms with E-state index in [1.165, 1.54) is 0 Å². The highest BCUT2D eigenvalue weighted by atomic mass is 16.3. The van der Waals surface area contributed by atoms with E-state index in [9.17, 15) is 0 Å². The van der Waals surface area contributed by atoms with Crippen LogP contribution in [-0.4, -0.2) is 0 Å². The number of benzene rings is 4. The molecule has 0 amide bonds. The van der Waals surface area contributed by atoms with Crippen molar-refractivity contribution < 1.29 is 8.83 Å². The summed E-state index contributed by atoms with van der Waals surface area (Å²) >= 11 is 0. The largest absolute Gasteiger partial charge is 0.456 e. The van der Waals surface area contributed by atoms with Crippen LogP contribution in [0.15, 0.2) is 87.7 Å². The van der Waals surface area contributed by atoms with Gasteiger partial charge in [0.15, 0.2) is 0 Å². The monoisotopic (exact) mass is 349 g/mol. The van der Waals surface area contributed by atoms with Crippen LogP contribution in [0, 0.1) is 0 Å². The zero-order valence-corrected chi connectivity index (χ0v) is 14.4. The first kappa shape index (κ1) is 14.4. The Morgan fingerprint density at radius 1 is 0.481 bits per heavy atom. The lowest BCUT2D eigenvalue weighted by molar-refractivity contribution is 0.668. The molecular formula is C24H15NO2. The molecule has 128 valence electrons. The van der Waals surface area contributed by atoms with Crippen LogP contribution in [0.3, 0.4) is 0 Å². The second-order valence-corrected chi connectivity index (χ2v) is 6.88. The minimum absolute atomic E-state index is 0.707. The molecule has 0 aliphatic heterocycles. The van der Waals surface area contributed by atoms with E-state index in [4.69, 9.17) is 14.6 Å². The number of nitrogens with two attached hydrogens (primary N) is 1. The standard InChI is InChI=1S/C24H15NO2/c25-16-7-8-18-20-12-15(6-10-23(20)27-24(18)13-16)14-5-9-22-19(11-14)17-3-1-2-4-21(17)26-22/h1-13H,25H2. The zero-order chi connectivity index (χ0) is 18.0. The first-order chi connectivity index (χ1) is 13.3. The van der Waals surface area contributed by atoms with Crippen LogP contribution in [0.1, 0.15) is 0 Å². The van der Waals surface area contributed by atoms with Gasteiger partial charge in [0.25, 0.3) is 0 Å². The van der Waals surface area contributed by atoms with Crippen molar-refractivity contribution >= 4 is 49.6 Å². The molecule has 0 atom stereocenters. The predicted octanol–water partition coefficient (Wildman–Crippen LogP) is 6.73. The Kier molecular flexibility index (Phi) is 2.75. The molecule has 3 heteroatoms. The van der Waals surface area contributed by atoms with Gasteiger partial charge in [-0.05, 0) is 53.6 Å². The first-order valence-electron chi connectivity index (χ1n) is 8.90. The lowest BCUT2D eigenvalue weighted by atomic mass is 10.0. The third-order valence-electron chi connectivity index (χ3n) is 5.21. The van der Waals surface area contributed by atoms with Gasteiger partial charge in [0, 0.05) is 33.3 Å². The number of nitrogen functional groups attached to an aromatic ring is 1. The Balaban J connectivity index is 1.60. The second kappa shape index (κ2) is 5.15. The van der Waals surface area contributed by atoms with Crippen LogP contribution >= 0.6 is 0 Å². The average Bonchev–Trinajstić information content (AvgIpc) is 3.24. The third kappa shape index (κ3) is 2.09. The molecule has 0 fully saturated rings. The van der Waals surface area contributed by atoms with Crippen LogP contribution in [-0.2, 0) is 0 Å². The van der Waals surface area contributed by atoms with Gasteiger partial charge in [-0.1, -0.05) is 30.3 Å². The van der Waals surface area contributed by atoms with Crippen LogP contribution in [0.5, 0.6) is 0 Å². The van der Waals surface area contributed by atoms with E-state index in [0.29, 0.717) is 5.69 Å². The quantitative estimate of drug-likeness (QED) is 0.335. The minimum atomic E-state index is 0.707. The van der Waals surface area contributed by atoms with E-state index in [-0.39, 0.29) is 0 Å². The van der Waals surface area contributed by atoms with Crippen molar-refractivity contribution in [1.82, 2.24) is 0 Å². The Morgan fingerprint density at radius 2 is 1.07 bits per heavy atom. The highest BCUT2D eigenvalue weighted by Crippen LogP contribution is 2.36. The van der Waals surface area contributed by atoms with Gasteiger partial charge >= 0.3 is 0 Å². The summed E-state index contributed by atoms with van der Waals surface area (Å²) in [4.78, 5) is 0. The molecule has 27 heavy (non-hydrogen) atoms. The van der Waals surface area contributed by atoms with E-state index < -0.39 is 0 Å². The number of hydrogen-bond acceptors (Lipinski definition) is 3. The maximum absolute atomic E-state index is 5.94. The molecule has 6 aromatic rings. The summed E-state index contributed by atoms with van der Waals surface area (Å²) < 4.78 is 11.9. The van der Waals surface area contributed by atoms with Crippen LogP contribution in [0.25, 0.3) is 55.0 Å². The van der Waals surface area contributed by atoms with Crippen LogP contribution < -0.4 is 5.73 Å². The van der Waals surface area contributed by atoms with Gasteiger partial charge in [-0.25, -0.2) is 0 Å². The molecule has 0 saturated heterocycles. The molecular weight excluding hydrogens is 334 g/mol. The van der Waals surface area contributed by atoms with E-state index in [1.54, 1.807) is 0 Å². The second-order valence-electron chi connectivity index (χ2n) is 6.88. The molecule has 0 saturated carbocycles. The average molecular weight is 349 g/mol. The Bertz CT molecular complexity index is 1490. The number of anilines is 1. The number of fused-ring (bicyclic) bond motifs is 6. The molecule has 2 N–H and O–H groups in total. The molecule has 2 heterocycles. The van der Waals surface area contributed by atoms with Crippen molar-refractivity contribution in [2.24, 2.45) is 0 Å². The fraction of sp³-hybridized carbons (Fsp3) is 0. The molecule has 0 aliphatic rings. The van der Waals surface area contributed by atoms with E-state index in [2.05, 4.69) is 30.3 Å². The molecule has 0 radical (unpaired) electrons. The maximum atomic E-state index is 5.94. The third-order valence-corrected chi connectivity index (χ3v) is 5.21. The normalized spacial score (nSPS) is 11.9. The Morgan fingerprint density at radius 3 is 1.81 bits per heavy atom. The van der Waals surface area contributed by atoms with Crippen molar-refractivity contribution in [2.45, 2.75) is 0 Å². The lowest BCUT2D eigenvalue weighted by Gasteiger charge is -2.02. The first-order valence-corrected chi connectivity index (χ1v) is 8.90. The molecule has 0 unspecified atom stereocenters. The Hall–Kier alpha value is -3.72. The van der Waals surface area contributed by atoms with Crippen LogP contribution in [0.2, 0.25) is 0 Å². The van der Waals surface area contributed by atoms with E-state index >= 15 is 0 Å². The lowest BCUT2D eigenvalue weighted by Crippen LogP contribution is -1.81. The minimum Gasteiger partial charge on any atom is -0.456 e. The van der Waals surface area contributed by atoms with Crippen molar-refractivity contribution in [3.63, 3.8) is 0 Å². The zero-order valence-electron chi connectivity index (χ0n) is 14.4. The summed E-state index contributed by atoms with van der Waals surface area (Å²) in [5.74, 6) is 0. The van der Waals surface area contributed by atoms with Gasteiger partial charge in [-0.15, -0.1) is 0 Å². The number of para-hydroxylation sites is 1. The number of furan rings is 2. The Labute approximate surface area is 154 Å². The molecule has 6 rings (SSSR count). The van der Waals surface area contributed by atoms with E-state index in [1.807, 2.05) is 48.5 Å². The summed E-state index contributed by atoms with van der Waals surface area (Å²) in [5, 5.41) is 4.45. The van der Waals surface area contributed by atoms with Crippen molar-refractivity contribution in [3.05, 3.63) is 78.9 Å². The van der Waals surface area contributed by atoms with E-state index in [0.717, 1.165) is 55.0 Å². The SMILES string of the molecule is Nc1ccc2c(c1)oc1ccc(-c3ccc4oc5ccccc5c4c3)cc12. The fourth-order valence-electron chi connectivity index (χ4n) is 3.88. The maximum Gasteiger partial charge on any atom is 0.137 e. The molecule has 0 bridgehead atoms. The highest BCUT2D eigenvalue weighted by molar-refractivity contribution is 6.08. The van der Waals surface area contributed by atoms with Gasteiger partial charge in [0.05, 0.1) is 0 Å². The summed E-state index contributed by atoms with van der Waals surface area (Å²) in [5.41, 5.74) is 12.4. The molecule has 4 aromatic carbocycles. The molecule has 0 spiro atoms. The van der Waals surface area contributed by atoms with Gasteiger partial charge in [0.2, 0.25) is 0 Å². The predicted molar refractivity (Wildman–Crippen MR) is 111 cm³/mol. The summed E-state index contributed by atoms with van der Waals surface area (Å²) in [6, 6.07) is 26.6. The highest BCUT2D eigenvalue weighted by Gasteiger charge is 2.11. The fourth-order valence-corrected chi connectivity index (χ4v) is 3.88. The van der Waals surface area contributed by atoms with Crippen molar-refractivity contribution in [2.75, 3.05) is 5.73 Å². The smallest absolute Gasteiger partial charge is 0.137 e. The van der Waals surface area contributed by atoms with Gasteiger partial charge in [0.1, 0.15) is 22.3 Å². The summed E-state index contributed by atoms with van der Waals surface area (Å²) in [7, 11) is 0. The summed E-state index contributed by atoms with van der Waals surface area (Å²) in [6.45, 7) is 0. The topological polar surface area (TPSA) is 52.3 Å².